The van der Waals surface area contributed by atoms with Gasteiger partial charge < -0.3 is 4.74 Å². The summed E-state index contributed by atoms with van der Waals surface area (Å²) in [6.07, 6.45) is 2.46. The first kappa shape index (κ1) is 21.4. The summed E-state index contributed by atoms with van der Waals surface area (Å²) >= 11 is 0. The average Bonchev–Trinajstić information content (AvgIpc) is 2.79. The predicted molar refractivity (Wildman–Crippen MR) is 118 cm³/mol. The highest BCUT2D eigenvalue weighted by Gasteiger charge is 2.37. The van der Waals surface area contributed by atoms with E-state index in [2.05, 4.69) is 10.3 Å². The third-order valence-electron chi connectivity index (χ3n) is 4.80. The second-order valence-electron chi connectivity index (χ2n) is 7.03. The Hall–Kier alpha value is -4.86. The number of para-hydroxylation sites is 1. The molecule has 4 amide bonds. The molecular formula is C23H16N4O6. The van der Waals surface area contributed by atoms with E-state index < -0.39 is 22.8 Å². The average molecular weight is 444 g/mol. The summed E-state index contributed by atoms with van der Waals surface area (Å²) in [5.41, 5.74) is 1.27. The molecule has 3 aromatic rings. The molecule has 0 saturated carbocycles. The van der Waals surface area contributed by atoms with Gasteiger partial charge in [-0.25, -0.2) is 14.7 Å². The fraction of sp³-hybridized carbons (Fsp3) is 0.0435. The van der Waals surface area contributed by atoms with Gasteiger partial charge in [-0.1, -0.05) is 30.3 Å². The van der Waals surface area contributed by atoms with Crippen molar-refractivity contribution in [3.8, 4) is 11.6 Å². The summed E-state index contributed by atoms with van der Waals surface area (Å²) in [6.45, 7) is 1.76. The molecule has 0 atom stereocenters. The van der Waals surface area contributed by atoms with Gasteiger partial charge in [0.25, 0.3) is 17.5 Å². The van der Waals surface area contributed by atoms with Crippen LogP contribution in [0.3, 0.4) is 0 Å². The van der Waals surface area contributed by atoms with Crippen LogP contribution in [0.1, 0.15) is 11.1 Å². The zero-order chi connectivity index (χ0) is 23.5. The van der Waals surface area contributed by atoms with Crippen molar-refractivity contribution in [3.05, 3.63) is 93.7 Å². The van der Waals surface area contributed by atoms with Crippen molar-refractivity contribution in [2.45, 2.75) is 6.92 Å². The summed E-state index contributed by atoms with van der Waals surface area (Å²) < 4.78 is 5.55. The van der Waals surface area contributed by atoms with Crippen molar-refractivity contribution < 1.29 is 24.0 Å². The van der Waals surface area contributed by atoms with Crippen molar-refractivity contribution in [2.75, 3.05) is 4.90 Å². The number of nitro groups is 1. The molecule has 1 aliphatic heterocycles. The van der Waals surface area contributed by atoms with E-state index in [1.165, 1.54) is 18.2 Å². The SMILES string of the molecule is Cc1ccccc1N1C(=O)NC(=O)/C(=C\c2ccc(Oc3ccc([N+](=O)[O-])cn3)cc2)C1=O. The maximum absolute atomic E-state index is 13.0. The predicted octanol–water partition coefficient (Wildman–Crippen LogP) is 3.76. The zero-order valence-corrected chi connectivity index (χ0v) is 17.2. The lowest BCUT2D eigenvalue weighted by Gasteiger charge is -2.27. The number of benzene rings is 2. The van der Waals surface area contributed by atoms with Crippen LogP contribution in [0.5, 0.6) is 11.6 Å². The van der Waals surface area contributed by atoms with Crippen LogP contribution in [0, 0.1) is 17.0 Å². The molecule has 4 rings (SSSR count). The Morgan fingerprint density at radius 3 is 2.39 bits per heavy atom. The molecule has 1 saturated heterocycles. The van der Waals surface area contributed by atoms with Crippen molar-refractivity contribution in [2.24, 2.45) is 0 Å². The lowest BCUT2D eigenvalue weighted by Crippen LogP contribution is -2.54. The normalized spacial score (nSPS) is 14.9. The Balaban J connectivity index is 1.55. The maximum Gasteiger partial charge on any atom is 0.335 e. The van der Waals surface area contributed by atoms with Crippen LogP contribution >= 0.6 is 0 Å². The highest BCUT2D eigenvalue weighted by molar-refractivity contribution is 6.39. The van der Waals surface area contributed by atoms with E-state index in [0.717, 1.165) is 11.1 Å². The second-order valence-corrected chi connectivity index (χ2v) is 7.03. The number of aromatic nitrogens is 1. The van der Waals surface area contributed by atoms with Gasteiger partial charge in [0.05, 0.1) is 10.6 Å². The molecule has 1 aromatic heterocycles. The van der Waals surface area contributed by atoms with Crippen LogP contribution in [0.4, 0.5) is 16.2 Å². The number of nitrogens with zero attached hydrogens (tertiary/aromatic N) is 3. The van der Waals surface area contributed by atoms with E-state index in [0.29, 0.717) is 22.6 Å². The Morgan fingerprint density at radius 1 is 1.03 bits per heavy atom. The Labute approximate surface area is 187 Å². The van der Waals surface area contributed by atoms with Gasteiger partial charge in [-0.2, -0.15) is 0 Å². The van der Waals surface area contributed by atoms with Gasteiger partial charge in [0.1, 0.15) is 17.5 Å². The number of nitrogens with one attached hydrogen (secondary N) is 1. The molecule has 1 aliphatic rings. The number of anilines is 1. The molecule has 2 heterocycles. The molecule has 1 N–H and O–H groups in total. The smallest absolute Gasteiger partial charge is 0.335 e. The van der Waals surface area contributed by atoms with Gasteiger partial charge in [0.2, 0.25) is 5.88 Å². The van der Waals surface area contributed by atoms with Crippen molar-refractivity contribution in [3.63, 3.8) is 0 Å². The van der Waals surface area contributed by atoms with Gasteiger partial charge in [-0.05, 0) is 42.3 Å². The first-order valence-corrected chi connectivity index (χ1v) is 9.69. The molecular weight excluding hydrogens is 428 g/mol. The maximum atomic E-state index is 13.0. The number of amides is 4. The van der Waals surface area contributed by atoms with Gasteiger partial charge in [0, 0.05) is 12.1 Å². The van der Waals surface area contributed by atoms with Crippen LogP contribution in [-0.2, 0) is 9.59 Å². The van der Waals surface area contributed by atoms with Crippen LogP contribution in [-0.4, -0.2) is 27.8 Å². The summed E-state index contributed by atoms with van der Waals surface area (Å²) in [7, 11) is 0. The first-order chi connectivity index (χ1) is 15.8. The molecule has 33 heavy (non-hydrogen) atoms. The third kappa shape index (κ3) is 4.44. The van der Waals surface area contributed by atoms with Crippen LogP contribution in [0.15, 0.2) is 72.4 Å². The van der Waals surface area contributed by atoms with Crippen molar-refractivity contribution in [1.82, 2.24) is 10.3 Å². The second kappa shape index (κ2) is 8.71. The number of imide groups is 2. The zero-order valence-electron chi connectivity index (χ0n) is 17.2. The molecule has 0 unspecified atom stereocenters. The Kier molecular flexibility index (Phi) is 5.64. The van der Waals surface area contributed by atoms with Gasteiger partial charge in [-0.3, -0.25) is 25.0 Å². The highest BCUT2D eigenvalue weighted by atomic mass is 16.6. The minimum Gasteiger partial charge on any atom is -0.439 e. The first-order valence-electron chi connectivity index (χ1n) is 9.69. The fourth-order valence-corrected chi connectivity index (χ4v) is 3.15. The van der Waals surface area contributed by atoms with Crippen molar-refractivity contribution >= 4 is 35.3 Å². The van der Waals surface area contributed by atoms with E-state index in [1.807, 2.05) is 0 Å². The van der Waals surface area contributed by atoms with Crippen LogP contribution in [0.2, 0.25) is 0 Å². The number of barbiturate groups is 1. The standard InChI is InChI=1S/C23H16N4O6/c1-14-4-2-3-5-19(14)26-22(29)18(21(28)25-23(26)30)12-15-6-9-17(10-7-15)33-20-11-8-16(13-24-20)27(31)32/h2-13H,1H3,(H,25,28,30)/b18-12+. The lowest BCUT2D eigenvalue weighted by atomic mass is 10.1. The number of carbonyl (C=O) groups is 3. The number of carbonyl (C=O) groups excluding carboxylic acids is 3. The van der Waals surface area contributed by atoms with Gasteiger partial charge in [0.15, 0.2) is 0 Å². The van der Waals surface area contributed by atoms with Crippen LogP contribution in [0.25, 0.3) is 6.08 Å². The van der Waals surface area contributed by atoms with E-state index in [-0.39, 0.29) is 17.1 Å². The summed E-state index contributed by atoms with van der Waals surface area (Å²) in [5, 5.41) is 12.9. The molecule has 164 valence electrons. The molecule has 0 radical (unpaired) electrons. The molecule has 10 nitrogen and oxygen atoms in total. The summed E-state index contributed by atoms with van der Waals surface area (Å²) in [4.78, 5) is 52.6. The van der Waals surface area contributed by atoms with Gasteiger partial charge in [-0.15, -0.1) is 0 Å². The Bertz CT molecular complexity index is 1300. The largest absolute Gasteiger partial charge is 0.439 e. The summed E-state index contributed by atoms with van der Waals surface area (Å²) in [6, 6.07) is 15.1. The molecule has 0 spiro atoms. The lowest BCUT2D eigenvalue weighted by molar-refractivity contribution is -0.385. The minimum absolute atomic E-state index is 0.155. The van der Waals surface area contributed by atoms with E-state index in [1.54, 1.807) is 55.5 Å². The topological polar surface area (TPSA) is 132 Å². The van der Waals surface area contributed by atoms with E-state index in [4.69, 9.17) is 4.74 Å². The molecule has 10 heteroatoms. The van der Waals surface area contributed by atoms with Gasteiger partial charge >= 0.3 is 6.03 Å². The molecule has 0 aliphatic carbocycles. The number of hydrogen-bond acceptors (Lipinski definition) is 7. The number of aryl methyl sites for hydroxylation is 1. The number of rotatable bonds is 5. The quantitative estimate of drug-likeness (QED) is 0.274. The number of urea groups is 1. The minimum atomic E-state index is -0.809. The van der Waals surface area contributed by atoms with E-state index >= 15 is 0 Å². The fourth-order valence-electron chi connectivity index (χ4n) is 3.15. The summed E-state index contributed by atoms with van der Waals surface area (Å²) in [5.74, 6) is -0.950. The number of hydrogen-bond donors (Lipinski definition) is 1. The van der Waals surface area contributed by atoms with E-state index in [9.17, 15) is 24.5 Å². The third-order valence-corrected chi connectivity index (χ3v) is 4.80. The monoisotopic (exact) mass is 444 g/mol. The highest BCUT2D eigenvalue weighted by Crippen LogP contribution is 2.26. The van der Waals surface area contributed by atoms with Crippen LogP contribution < -0.4 is 15.0 Å². The number of ether oxygens (including phenoxy) is 1. The molecule has 2 aromatic carbocycles. The van der Waals surface area contributed by atoms with Crippen molar-refractivity contribution in [1.29, 1.82) is 0 Å². The molecule has 1 fully saturated rings. The Morgan fingerprint density at radius 2 is 1.76 bits per heavy atom. The molecule has 0 bridgehead atoms. The number of pyridine rings is 1.